The standard InChI is InChI=1S/C10H13BrOS2/c1-7-4-10(12,6-14-7)5-9-8(11)2-3-13-9/h2-3,7,12H,4-6H2,1H3. The van der Waals surface area contributed by atoms with Gasteiger partial charge in [-0.3, -0.25) is 0 Å². The van der Waals surface area contributed by atoms with Gasteiger partial charge in [-0.05, 0) is 33.8 Å². The zero-order valence-electron chi connectivity index (χ0n) is 8.00. The van der Waals surface area contributed by atoms with Crippen LogP contribution >= 0.6 is 39.0 Å². The summed E-state index contributed by atoms with van der Waals surface area (Å²) < 4.78 is 1.14. The Morgan fingerprint density at radius 3 is 3.00 bits per heavy atom. The SMILES string of the molecule is CC1CC(O)(Cc2sccc2Br)CS1. The van der Waals surface area contributed by atoms with Crippen LogP contribution in [0.25, 0.3) is 0 Å². The van der Waals surface area contributed by atoms with Gasteiger partial charge in [-0.1, -0.05) is 6.92 Å². The van der Waals surface area contributed by atoms with Crippen molar-refractivity contribution in [3.05, 3.63) is 20.8 Å². The molecular formula is C10H13BrOS2. The van der Waals surface area contributed by atoms with E-state index < -0.39 is 5.60 Å². The fourth-order valence-corrected chi connectivity index (χ4v) is 4.70. The molecule has 0 radical (unpaired) electrons. The van der Waals surface area contributed by atoms with E-state index in [1.54, 1.807) is 11.3 Å². The van der Waals surface area contributed by atoms with E-state index in [-0.39, 0.29) is 0 Å². The molecule has 1 fully saturated rings. The molecule has 0 aliphatic carbocycles. The summed E-state index contributed by atoms with van der Waals surface area (Å²) in [5.74, 6) is 0.874. The molecule has 0 bridgehead atoms. The van der Waals surface area contributed by atoms with Gasteiger partial charge in [0, 0.05) is 26.8 Å². The van der Waals surface area contributed by atoms with E-state index in [0.717, 1.165) is 23.1 Å². The van der Waals surface area contributed by atoms with Crippen LogP contribution < -0.4 is 0 Å². The predicted octanol–water partition coefficient (Wildman–Crippen LogP) is 3.31. The lowest BCUT2D eigenvalue weighted by Gasteiger charge is -2.20. The van der Waals surface area contributed by atoms with Gasteiger partial charge in [0.15, 0.2) is 0 Å². The fraction of sp³-hybridized carbons (Fsp3) is 0.600. The van der Waals surface area contributed by atoms with Gasteiger partial charge >= 0.3 is 0 Å². The molecule has 4 heteroatoms. The van der Waals surface area contributed by atoms with Gasteiger partial charge < -0.3 is 5.11 Å². The smallest absolute Gasteiger partial charge is 0.0796 e. The Balaban J connectivity index is 2.07. The van der Waals surface area contributed by atoms with Crippen LogP contribution in [0.3, 0.4) is 0 Å². The van der Waals surface area contributed by atoms with Crippen LogP contribution in [0, 0.1) is 0 Å². The van der Waals surface area contributed by atoms with E-state index in [4.69, 9.17) is 0 Å². The van der Waals surface area contributed by atoms with Crippen LogP contribution in [-0.4, -0.2) is 21.7 Å². The first-order valence-electron chi connectivity index (χ1n) is 4.65. The molecule has 2 heterocycles. The van der Waals surface area contributed by atoms with E-state index in [2.05, 4.69) is 34.3 Å². The second kappa shape index (κ2) is 4.16. The molecule has 1 aromatic heterocycles. The molecule has 1 aliphatic heterocycles. The molecule has 0 spiro atoms. The van der Waals surface area contributed by atoms with Crippen molar-refractivity contribution in [2.45, 2.75) is 30.6 Å². The Kier molecular flexibility index (Phi) is 3.27. The molecule has 1 saturated heterocycles. The molecule has 1 aliphatic rings. The molecular weight excluding hydrogens is 280 g/mol. The Labute approximate surface area is 101 Å². The molecule has 0 amide bonds. The third kappa shape index (κ3) is 2.35. The molecule has 0 saturated carbocycles. The highest BCUT2D eigenvalue weighted by molar-refractivity contribution is 9.10. The zero-order chi connectivity index (χ0) is 10.2. The van der Waals surface area contributed by atoms with Crippen molar-refractivity contribution in [3.63, 3.8) is 0 Å². The minimum Gasteiger partial charge on any atom is -0.389 e. The normalized spacial score (nSPS) is 32.4. The van der Waals surface area contributed by atoms with Gasteiger partial charge in [-0.15, -0.1) is 11.3 Å². The maximum Gasteiger partial charge on any atom is 0.0796 e. The Morgan fingerprint density at radius 2 is 2.50 bits per heavy atom. The van der Waals surface area contributed by atoms with Gasteiger partial charge in [0.25, 0.3) is 0 Å². The number of thiophene rings is 1. The van der Waals surface area contributed by atoms with E-state index in [9.17, 15) is 5.11 Å². The van der Waals surface area contributed by atoms with Crippen LogP contribution in [0.2, 0.25) is 0 Å². The Bertz CT molecular complexity index is 326. The lowest BCUT2D eigenvalue weighted by Crippen LogP contribution is -2.31. The highest BCUT2D eigenvalue weighted by Crippen LogP contribution is 2.38. The number of aliphatic hydroxyl groups is 1. The number of hydrogen-bond donors (Lipinski definition) is 1. The minimum atomic E-state index is -0.475. The van der Waals surface area contributed by atoms with E-state index in [0.29, 0.717) is 5.25 Å². The minimum absolute atomic E-state index is 0.475. The maximum absolute atomic E-state index is 10.3. The lowest BCUT2D eigenvalue weighted by atomic mass is 9.96. The first-order chi connectivity index (χ1) is 6.59. The summed E-state index contributed by atoms with van der Waals surface area (Å²) in [6, 6.07) is 2.05. The average Bonchev–Trinajstić information content (AvgIpc) is 2.62. The summed E-state index contributed by atoms with van der Waals surface area (Å²) >= 11 is 7.10. The summed E-state index contributed by atoms with van der Waals surface area (Å²) in [5.41, 5.74) is -0.475. The van der Waals surface area contributed by atoms with Crippen LogP contribution in [0.5, 0.6) is 0 Å². The van der Waals surface area contributed by atoms with Gasteiger partial charge in [-0.2, -0.15) is 11.8 Å². The Morgan fingerprint density at radius 1 is 1.71 bits per heavy atom. The van der Waals surface area contributed by atoms with Crippen molar-refractivity contribution in [2.24, 2.45) is 0 Å². The first kappa shape index (κ1) is 11.0. The van der Waals surface area contributed by atoms with Crippen molar-refractivity contribution in [1.82, 2.24) is 0 Å². The van der Waals surface area contributed by atoms with Crippen LogP contribution in [-0.2, 0) is 6.42 Å². The van der Waals surface area contributed by atoms with Crippen molar-refractivity contribution in [3.8, 4) is 0 Å². The monoisotopic (exact) mass is 292 g/mol. The molecule has 0 aromatic carbocycles. The molecule has 2 atom stereocenters. The third-order valence-electron chi connectivity index (χ3n) is 2.48. The van der Waals surface area contributed by atoms with Crippen molar-refractivity contribution >= 4 is 39.0 Å². The molecule has 78 valence electrons. The second-order valence-corrected chi connectivity index (χ2v) is 7.20. The maximum atomic E-state index is 10.3. The van der Waals surface area contributed by atoms with Gasteiger partial charge in [0.2, 0.25) is 0 Å². The first-order valence-corrected chi connectivity index (χ1v) is 7.37. The van der Waals surface area contributed by atoms with E-state index >= 15 is 0 Å². The molecule has 1 nitrogen and oxygen atoms in total. The highest BCUT2D eigenvalue weighted by Gasteiger charge is 2.36. The summed E-state index contributed by atoms with van der Waals surface area (Å²) in [5, 5.41) is 13.0. The quantitative estimate of drug-likeness (QED) is 0.902. The highest BCUT2D eigenvalue weighted by atomic mass is 79.9. The number of thioether (sulfide) groups is 1. The summed E-state index contributed by atoms with van der Waals surface area (Å²) in [6.07, 6.45) is 1.71. The van der Waals surface area contributed by atoms with E-state index in [1.807, 2.05) is 11.8 Å². The van der Waals surface area contributed by atoms with Crippen LogP contribution in [0.1, 0.15) is 18.2 Å². The van der Waals surface area contributed by atoms with Crippen LogP contribution in [0.15, 0.2) is 15.9 Å². The summed E-state index contributed by atoms with van der Waals surface area (Å²) in [4.78, 5) is 1.27. The molecule has 2 rings (SSSR count). The lowest BCUT2D eigenvalue weighted by molar-refractivity contribution is 0.0649. The summed E-state index contributed by atoms with van der Waals surface area (Å²) in [6.45, 7) is 2.19. The number of rotatable bonds is 2. The van der Waals surface area contributed by atoms with Crippen LogP contribution in [0.4, 0.5) is 0 Å². The van der Waals surface area contributed by atoms with E-state index in [1.165, 1.54) is 4.88 Å². The van der Waals surface area contributed by atoms with Crippen molar-refractivity contribution < 1.29 is 5.11 Å². The summed E-state index contributed by atoms with van der Waals surface area (Å²) in [7, 11) is 0. The Hall–Kier alpha value is 0.490. The predicted molar refractivity (Wildman–Crippen MR) is 67.2 cm³/mol. The third-order valence-corrected chi connectivity index (χ3v) is 5.85. The second-order valence-electron chi connectivity index (χ2n) is 3.92. The number of hydrogen-bond acceptors (Lipinski definition) is 3. The largest absolute Gasteiger partial charge is 0.389 e. The van der Waals surface area contributed by atoms with Crippen molar-refractivity contribution in [2.75, 3.05) is 5.75 Å². The molecule has 1 N–H and O–H groups in total. The fourth-order valence-electron chi connectivity index (χ4n) is 1.82. The van der Waals surface area contributed by atoms with Crippen molar-refractivity contribution in [1.29, 1.82) is 0 Å². The van der Waals surface area contributed by atoms with Gasteiger partial charge in [0.05, 0.1) is 5.60 Å². The molecule has 14 heavy (non-hydrogen) atoms. The zero-order valence-corrected chi connectivity index (χ0v) is 11.2. The average molecular weight is 293 g/mol. The molecule has 1 aromatic rings. The molecule has 2 unspecified atom stereocenters. The topological polar surface area (TPSA) is 20.2 Å². The number of halogens is 1. The van der Waals surface area contributed by atoms with Gasteiger partial charge in [-0.25, -0.2) is 0 Å². The van der Waals surface area contributed by atoms with Gasteiger partial charge in [0.1, 0.15) is 0 Å².